The largest absolute Gasteiger partial charge is 0.381 e. The van der Waals surface area contributed by atoms with Crippen molar-refractivity contribution in [3.63, 3.8) is 0 Å². The fourth-order valence-electron chi connectivity index (χ4n) is 2.34. The molecule has 0 spiro atoms. The summed E-state index contributed by atoms with van der Waals surface area (Å²) in [7, 11) is 3.86. The summed E-state index contributed by atoms with van der Waals surface area (Å²) in [5, 5.41) is 3.19. The second kappa shape index (κ2) is 6.39. The molecule has 13 heavy (non-hydrogen) atoms. The van der Waals surface area contributed by atoms with Gasteiger partial charge in [0.25, 0.3) is 0 Å². The average molecular weight is 185 g/mol. The summed E-state index contributed by atoms with van der Waals surface area (Å²) in [6.07, 6.45) is 8.66. The molecule has 1 unspecified atom stereocenters. The average Bonchev–Trinajstić information content (AvgIpc) is 2.21. The molecule has 0 bridgehead atoms. The molecular weight excluding hydrogens is 162 g/mol. The molecule has 1 aliphatic carbocycles. The van der Waals surface area contributed by atoms with Gasteiger partial charge < -0.3 is 10.1 Å². The van der Waals surface area contributed by atoms with Crippen LogP contribution in [0.15, 0.2) is 0 Å². The third-order valence-corrected chi connectivity index (χ3v) is 3.16. The minimum atomic E-state index is 0.493. The fourth-order valence-corrected chi connectivity index (χ4v) is 2.34. The summed E-state index contributed by atoms with van der Waals surface area (Å²) in [6, 6.07) is 0. The van der Waals surface area contributed by atoms with E-state index in [0.29, 0.717) is 6.10 Å². The van der Waals surface area contributed by atoms with E-state index in [1.165, 1.54) is 32.1 Å². The smallest absolute Gasteiger partial charge is 0.0611 e. The summed E-state index contributed by atoms with van der Waals surface area (Å²) >= 11 is 0. The van der Waals surface area contributed by atoms with Crippen molar-refractivity contribution in [2.45, 2.75) is 44.6 Å². The molecule has 1 N–H and O–H groups in total. The molecule has 0 aliphatic heterocycles. The van der Waals surface area contributed by atoms with Crippen LogP contribution in [0.5, 0.6) is 0 Å². The molecule has 0 amide bonds. The van der Waals surface area contributed by atoms with Crippen LogP contribution in [0.25, 0.3) is 0 Å². The fraction of sp³-hybridized carbons (Fsp3) is 1.00. The van der Waals surface area contributed by atoms with Gasteiger partial charge in [-0.1, -0.05) is 19.3 Å². The number of hydrogen-bond donors (Lipinski definition) is 1. The maximum Gasteiger partial charge on any atom is 0.0611 e. The summed E-state index contributed by atoms with van der Waals surface area (Å²) in [5.74, 6) is 0.826. The van der Waals surface area contributed by atoms with E-state index in [-0.39, 0.29) is 0 Å². The van der Waals surface area contributed by atoms with Gasteiger partial charge in [0.2, 0.25) is 0 Å². The molecule has 0 radical (unpaired) electrons. The first-order chi connectivity index (χ1) is 6.38. The van der Waals surface area contributed by atoms with Crippen LogP contribution in [0, 0.1) is 5.92 Å². The Bertz CT molecular complexity index is 121. The van der Waals surface area contributed by atoms with E-state index in [9.17, 15) is 0 Å². The van der Waals surface area contributed by atoms with Crippen molar-refractivity contribution in [2.75, 3.05) is 20.7 Å². The van der Waals surface area contributed by atoms with Gasteiger partial charge in [-0.15, -0.1) is 0 Å². The number of nitrogens with one attached hydrogen (secondary N) is 1. The van der Waals surface area contributed by atoms with E-state index in [1.807, 2.05) is 14.2 Å². The van der Waals surface area contributed by atoms with Crippen LogP contribution < -0.4 is 5.32 Å². The van der Waals surface area contributed by atoms with Crippen molar-refractivity contribution >= 4 is 0 Å². The Labute approximate surface area is 82.0 Å². The van der Waals surface area contributed by atoms with Crippen molar-refractivity contribution in [2.24, 2.45) is 5.92 Å². The second-order valence-corrected chi connectivity index (χ2v) is 4.06. The molecule has 0 aromatic rings. The monoisotopic (exact) mass is 185 g/mol. The molecule has 1 rings (SSSR count). The lowest BCUT2D eigenvalue weighted by molar-refractivity contribution is 0.0310. The zero-order chi connectivity index (χ0) is 9.52. The summed E-state index contributed by atoms with van der Waals surface area (Å²) < 4.78 is 5.55. The Morgan fingerprint density at radius 2 is 2.00 bits per heavy atom. The molecule has 2 nitrogen and oxygen atoms in total. The van der Waals surface area contributed by atoms with E-state index in [0.717, 1.165) is 18.9 Å². The minimum absolute atomic E-state index is 0.493. The number of ether oxygens (including phenoxy) is 1. The SMILES string of the molecule is CNCCC(OC)C1CCCCC1. The van der Waals surface area contributed by atoms with Crippen LogP contribution in [0.2, 0.25) is 0 Å². The highest BCUT2D eigenvalue weighted by atomic mass is 16.5. The van der Waals surface area contributed by atoms with Crippen LogP contribution in [0.1, 0.15) is 38.5 Å². The van der Waals surface area contributed by atoms with E-state index in [4.69, 9.17) is 4.74 Å². The Kier molecular flexibility index (Phi) is 5.40. The van der Waals surface area contributed by atoms with Crippen LogP contribution in [0.3, 0.4) is 0 Å². The summed E-state index contributed by atoms with van der Waals surface area (Å²) in [5.41, 5.74) is 0. The molecule has 78 valence electrons. The predicted octanol–water partition coefficient (Wildman–Crippen LogP) is 2.19. The van der Waals surface area contributed by atoms with Gasteiger partial charge in [-0.05, 0) is 38.8 Å². The van der Waals surface area contributed by atoms with Gasteiger partial charge in [0.05, 0.1) is 6.10 Å². The summed E-state index contributed by atoms with van der Waals surface area (Å²) in [4.78, 5) is 0. The van der Waals surface area contributed by atoms with Gasteiger partial charge >= 0.3 is 0 Å². The third kappa shape index (κ3) is 3.65. The highest BCUT2D eigenvalue weighted by molar-refractivity contribution is 4.74. The Morgan fingerprint density at radius 3 is 2.54 bits per heavy atom. The van der Waals surface area contributed by atoms with Gasteiger partial charge in [-0.2, -0.15) is 0 Å². The van der Waals surface area contributed by atoms with Gasteiger partial charge in [0.1, 0.15) is 0 Å². The molecule has 0 heterocycles. The second-order valence-electron chi connectivity index (χ2n) is 4.06. The normalized spacial score (nSPS) is 21.7. The molecule has 2 heteroatoms. The lowest BCUT2D eigenvalue weighted by Gasteiger charge is -2.29. The van der Waals surface area contributed by atoms with Gasteiger partial charge in [0.15, 0.2) is 0 Å². The number of hydrogen-bond acceptors (Lipinski definition) is 2. The Hall–Kier alpha value is -0.0800. The van der Waals surface area contributed by atoms with Crippen molar-refractivity contribution in [1.29, 1.82) is 0 Å². The molecule has 1 saturated carbocycles. The van der Waals surface area contributed by atoms with Gasteiger partial charge in [-0.3, -0.25) is 0 Å². The molecule has 0 saturated heterocycles. The highest BCUT2D eigenvalue weighted by Gasteiger charge is 2.22. The van der Waals surface area contributed by atoms with E-state index in [2.05, 4.69) is 5.32 Å². The molecule has 1 atom stereocenters. The van der Waals surface area contributed by atoms with E-state index in [1.54, 1.807) is 0 Å². The van der Waals surface area contributed by atoms with Crippen LogP contribution in [0.4, 0.5) is 0 Å². The maximum absolute atomic E-state index is 5.55. The van der Waals surface area contributed by atoms with Crippen molar-refractivity contribution in [1.82, 2.24) is 5.32 Å². The maximum atomic E-state index is 5.55. The third-order valence-electron chi connectivity index (χ3n) is 3.16. The molecule has 0 aromatic heterocycles. The lowest BCUT2D eigenvalue weighted by Crippen LogP contribution is -2.28. The first-order valence-corrected chi connectivity index (χ1v) is 5.56. The first-order valence-electron chi connectivity index (χ1n) is 5.56. The molecule has 0 aromatic carbocycles. The highest BCUT2D eigenvalue weighted by Crippen LogP contribution is 2.28. The van der Waals surface area contributed by atoms with Gasteiger partial charge in [-0.25, -0.2) is 0 Å². The zero-order valence-electron chi connectivity index (χ0n) is 9.01. The van der Waals surface area contributed by atoms with Crippen molar-refractivity contribution in [3.8, 4) is 0 Å². The predicted molar refractivity (Wildman–Crippen MR) is 55.9 cm³/mol. The van der Waals surface area contributed by atoms with E-state index < -0.39 is 0 Å². The first kappa shape index (κ1) is 11.0. The number of methoxy groups -OCH3 is 1. The summed E-state index contributed by atoms with van der Waals surface area (Å²) in [6.45, 7) is 1.08. The zero-order valence-corrected chi connectivity index (χ0v) is 9.01. The van der Waals surface area contributed by atoms with Gasteiger partial charge in [0, 0.05) is 7.11 Å². The lowest BCUT2D eigenvalue weighted by atomic mass is 9.84. The quantitative estimate of drug-likeness (QED) is 0.709. The molecule has 1 fully saturated rings. The molecule has 1 aliphatic rings. The Balaban J connectivity index is 2.26. The van der Waals surface area contributed by atoms with Crippen LogP contribution >= 0.6 is 0 Å². The van der Waals surface area contributed by atoms with E-state index >= 15 is 0 Å². The van der Waals surface area contributed by atoms with Crippen LogP contribution in [-0.2, 0) is 4.74 Å². The topological polar surface area (TPSA) is 21.3 Å². The number of rotatable bonds is 5. The Morgan fingerprint density at radius 1 is 1.31 bits per heavy atom. The molecular formula is C11H23NO. The minimum Gasteiger partial charge on any atom is -0.381 e. The standard InChI is InChI=1S/C11H23NO/c1-12-9-8-11(13-2)10-6-4-3-5-7-10/h10-12H,3-9H2,1-2H3. The van der Waals surface area contributed by atoms with Crippen molar-refractivity contribution in [3.05, 3.63) is 0 Å². The van der Waals surface area contributed by atoms with Crippen LogP contribution in [-0.4, -0.2) is 26.8 Å². The van der Waals surface area contributed by atoms with Crippen molar-refractivity contribution < 1.29 is 4.74 Å².